The van der Waals surface area contributed by atoms with Crippen molar-refractivity contribution in [2.24, 2.45) is 0 Å². The third-order valence-corrected chi connectivity index (χ3v) is 4.55. The van der Waals surface area contributed by atoms with E-state index in [1.807, 2.05) is 6.07 Å². The van der Waals surface area contributed by atoms with Crippen LogP contribution in [0.15, 0.2) is 47.1 Å². The van der Waals surface area contributed by atoms with Crippen molar-refractivity contribution < 1.29 is 13.5 Å². The van der Waals surface area contributed by atoms with Crippen molar-refractivity contribution in [1.82, 2.24) is 20.2 Å². The van der Waals surface area contributed by atoms with Crippen molar-refractivity contribution in [3.63, 3.8) is 0 Å². The summed E-state index contributed by atoms with van der Waals surface area (Å²) in [6.07, 6.45) is 1.60. The maximum absolute atomic E-state index is 13.5. The predicted octanol–water partition coefficient (Wildman–Crippen LogP) is 3.33. The maximum atomic E-state index is 13.5. The van der Waals surface area contributed by atoms with Gasteiger partial charge in [-0.3, -0.25) is 5.10 Å². The molecule has 9 heteroatoms. The number of aromatic nitrogens is 4. The van der Waals surface area contributed by atoms with E-state index in [1.54, 1.807) is 24.5 Å². The van der Waals surface area contributed by atoms with Gasteiger partial charge in [-0.1, -0.05) is 12.1 Å². The molecule has 28 heavy (non-hydrogen) atoms. The van der Waals surface area contributed by atoms with Gasteiger partial charge in [-0.2, -0.15) is 10.1 Å². The van der Waals surface area contributed by atoms with Crippen LogP contribution in [-0.4, -0.2) is 46.5 Å². The van der Waals surface area contributed by atoms with E-state index in [1.165, 1.54) is 12.1 Å². The number of H-pyrrole nitrogens is 1. The number of nitrogens with one attached hydrogen (secondary N) is 2. The third-order valence-electron chi connectivity index (χ3n) is 4.55. The van der Waals surface area contributed by atoms with Gasteiger partial charge >= 0.3 is 0 Å². The van der Waals surface area contributed by atoms with Crippen LogP contribution < -0.4 is 10.2 Å². The minimum Gasteiger partial charge on any atom is -0.459 e. The zero-order chi connectivity index (χ0) is 18.9. The highest BCUT2D eigenvalue weighted by Gasteiger charge is 2.20. The smallest absolute Gasteiger partial charge is 0.231 e. The standard InChI is InChI=1S/C19H17FN6O2/c20-13-3-1-2-12(10-13)15-11-16(25-24-15)22-19-21-14-4-7-28-17(14)18(23-19)26-5-8-27-9-6-26/h1-4,7,10-11H,5-6,8-9H2,(H2,21,22,23,24,25). The number of aromatic amines is 1. The number of ether oxygens (including phenoxy) is 1. The first-order valence-corrected chi connectivity index (χ1v) is 8.92. The quantitative estimate of drug-likeness (QED) is 0.561. The van der Waals surface area contributed by atoms with Crippen LogP contribution >= 0.6 is 0 Å². The highest BCUT2D eigenvalue weighted by Crippen LogP contribution is 2.28. The minimum absolute atomic E-state index is 0.300. The number of anilines is 3. The van der Waals surface area contributed by atoms with Crippen molar-refractivity contribution in [3.05, 3.63) is 48.5 Å². The van der Waals surface area contributed by atoms with Gasteiger partial charge in [-0.25, -0.2) is 9.37 Å². The normalized spacial score (nSPS) is 14.5. The fourth-order valence-corrected chi connectivity index (χ4v) is 3.20. The number of furan rings is 1. The molecule has 0 aliphatic carbocycles. The summed E-state index contributed by atoms with van der Waals surface area (Å²) in [5.41, 5.74) is 2.76. The van der Waals surface area contributed by atoms with E-state index >= 15 is 0 Å². The molecule has 2 N–H and O–H groups in total. The molecule has 4 heterocycles. The number of hydrogen-bond acceptors (Lipinski definition) is 7. The summed E-state index contributed by atoms with van der Waals surface area (Å²) in [7, 11) is 0. The summed E-state index contributed by atoms with van der Waals surface area (Å²) in [4.78, 5) is 11.2. The van der Waals surface area contributed by atoms with E-state index < -0.39 is 0 Å². The summed E-state index contributed by atoms with van der Waals surface area (Å²) in [5, 5.41) is 10.2. The molecule has 0 radical (unpaired) electrons. The largest absolute Gasteiger partial charge is 0.459 e. The van der Waals surface area contributed by atoms with Crippen LogP contribution in [0.1, 0.15) is 0 Å². The highest BCUT2D eigenvalue weighted by molar-refractivity contribution is 5.85. The molecule has 142 valence electrons. The number of nitrogens with zero attached hydrogens (tertiary/aromatic N) is 4. The average molecular weight is 380 g/mol. The number of fused-ring (bicyclic) bond motifs is 1. The summed E-state index contributed by atoms with van der Waals surface area (Å²) in [6, 6.07) is 9.90. The molecule has 5 rings (SSSR count). The molecule has 3 aromatic heterocycles. The Balaban J connectivity index is 1.45. The van der Waals surface area contributed by atoms with E-state index in [-0.39, 0.29) is 5.82 Å². The van der Waals surface area contributed by atoms with Gasteiger partial charge in [-0.15, -0.1) is 0 Å². The van der Waals surface area contributed by atoms with Crippen molar-refractivity contribution in [2.75, 3.05) is 36.5 Å². The van der Waals surface area contributed by atoms with Crippen LogP contribution in [0.2, 0.25) is 0 Å². The molecule has 0 amide bonds. The maximum Gasteiger partial charge on any atom is 0.231 e. The van der Waals surface area contributed by atoms with E-state index in [0.29, 0.717) is 47.3 Å². The zero-order valence-electron chi connectivity index (χ0n) is 14.9. The fourth-order valence-electron chi connectivity index (χ4n) is 3.20. The van der Waals surface area contributed by atoms with Gasteiger partial charge in [0.15, 0.2) is 17.2 Å². The van der Waals surface area contributed by atoms with Crippen LogP contribution in [0.25, 0.3) is 22.4 Å². The van der Waals surface area contributed by atoms with Crippen molar-refractivity contribution in [1.29, 1.82) is 0 Å². The van der Waals surface area contributed by atoms with E-state index in [4.69, 9.17) is 9.15 Å². The molecule has 0 unspecified atom stereocenters. The monoisotopic (exact) mass is 380 g/mol. The molecule has 1 fully saturated rings. The Kier molecular flexibility index (Phi) is 4.13. The first kappa shape index (κ1) is 16.7. The highest BCUT2D eigenvalue weighted by atomic mass is 19.1. The van der Waals surface area contributed by atoms with E-state index in [2.05, 4.69) is 30.4 Å². The Bertz CT molecular complexity index is 1120. The molecule has 1 aliphatic rings. The molecule has 4 aromatic rings. The predicted molar refractivity (Wildman–Crippen MR) is 102 cm³/mol. The van der Waals surface area contributed by atoms with Gasteiger partial charge in [0.25, 0.3) is 0 Å². The Hall–Kier alpha value is -3.46. The van der Waals surface area contributed by atoms with Crippen LogP contribution in [0.4, 0.5) is 22.0 Å². The molecule has 0 saturated carbocycles. The second-order valence-corrected chi connectivity index (χ2v) is 6.41. The van der Waals surface area contributed by atoms with Crippen molar-refractivity contribution >= 4 is 28.7 Å². The molecule has 1 saturated heterocycles. The lowest BCUT2D eigenvalue weighted by Crippen LogP contribution is -2.37. The summed E-state index contributed by atoms with van der Waals surface area (Å²) >= 11 is 0. The molecule has 0 spiro atoms. The number of morpholine rings is 1. The molecular formula is C19H17FN6O2. The first-order chi connectivity index (χ1) is 13.8. The van der Waals surface area contributed by atoms with Crippen molar-refractivity contribution in [3.8, 4) is 11.3 Å². The topological polar surface area (TPSA) is 92.1 Å². The Morgan fingerprint density at radius 3 is 2.86 bits per heavy atom. The SMILES string of the molecule is Fc1cccc(-c2cc(Nc3nc(N4CCOCC4)c4occc4n3)n[nH]2)c1. The Labute approximate surface area is 159 Å². The number of rotatable bonds is 4. The number of hydrogen-bond donors (Lipinski definition) is 2. The third kappa shape index (κ3) is 3.16. The van der Waals surface area contributed by atoms with Gasteiger partial charge in [0.2, 0.25) is 5.95 Å². The van der Waals surface area contributed by atoms with E-state index in [9.17, 15) is 4.39 Å². The zero-order valence-corrected chi connectivity index (χ0v) is 14.9. The summed E-state index contributed by atoms with van der Waals surface area (Å²) < 4.78 is 24.5. The second-order valence-electron chi connectivity index (χ2n) is 6.41. The Morgan fingerprint density at radius 2 is 2.00 bits per heavy atom. The van der Waals surface area contributed by atoms with Crippen LogP contribution in [0, 0.1) is 5.82 Å². The number of halogens is 1. The van der Waals surface area contributed by atoms with Gasteiger partial charge in [0.1, 0.15) is 11.3 Å². The van der Waals surface area contributed by atoms with Gasteiger partial charge in [-0.05, 0) is 12.1 Å². The lowest BCUT2D eigenvalue weighted by Gasteiger charge is -2.27. The fraction of sp³-hybridized carbons (Fsp3) is 0.211. The van der Waals surface area contributed by atoms with Gasteiger partial charge in [0.05, 0.1) is 25.2 Å². The lowest BCUT2D eigenvalue weighted by molar-refractivity contribution is 0.122. The number of benzene rings is 1. The molecular weight excluding hydrogens is 363 g/mol. The minimum atomic E-state index is -0.300. The molecule has 8 nitrogen and oxygen atoms in total. The summed E-state index contributed by atoms with van der Waals surface area (Å²) in [6.45, 7) is 2.76. The lowest BCUT2D eigenvalue weighted by atomic mass is 10.1. The second kappa shape index (κ2) is 6.93. The first-order valence-electron chi connectivity index (χ1n) is 8.92. The van der Waals surface area contributed by atoms with Crippen LogP contribution in [0.5, 0.6) is 0 Å². The van der Waals surface area contributed by atoms with Crippen LogP contribution in [-0.2, 0) is 4.74 Å². The molecule has 1 aromatic carbocycles. The van der Waals surface area contributed by atoms with Gasteiger partial charge in [0, 0.05) is 30.8 Å². The average Bonchev–Trinajstić information content (AvgIpc) is 3.38. The van der Waals surface area contributed by atoms with Crippen LogP contribution in [0.3, 0.4) is 0 Å². The summed E-state index contributed by atoms with van der Waals surface area (Å²) in [5.74, 6) is 1.37. The van der Waals surface area contributed by atoms with Crippen molar-refractivity contribution in [2.45, 2.75) is 0 Å². The van der Waals surface area contributed by atoms with Gasteiger partial charge < -0.3 is 19.4 Å². The Morgan fingerprint density at radius 1 is 1.11 bits per heavy atom. The molecule has 1 aliphatic heterocycles. The molecule has 0 atom stereocenters. The van der Waals surface area contributed by atoms with E-state index in [0.717, 1.165) is 18.9 Å². The molecule has 0 bridgehead atoms.